The number of rotatable bonds is 6. The van der Waals surface area contributed by atoms with Crippen LogP contribution in [0.3, 0.4) is 0 Å². The average molecular weight is 535 g/mol. The van der Waals surface area contributed by atoms with Crippen molar-refractivity contribution in [2.24, 2.45) is 4.99 Å². The summed E-state index contributed by atoms with van der Waals surface area (Å²) in [5.74, 6) is 0.834. The van der Waals surface area contributed by atoms with E-state index in [2.05, 4.69) is 57.8 Å². The van der Waals surface area contributed by atoms with Crippen LogP contribution in [0.15, 0.2) is 53.5 Å². The van der Waals surface area contributed by atoms with Gasteiger partial charge in [0.05, 0.1) is 0 Å². The van der Waals surface area contributed by atoms with E-state index in [0.29, 0.717) is 6.54 Å². The van der Waals surface area contributed by atoms with Gasteiger partial charge in [-0.2, -0.15) is 0 Å². The van der Waals surface area contributed by atoms with E-state index >= 15 is 0 Å². The molecular weight excluding hydrogens is 501 g/mol. The number of aliphatic imine (C=N–C) groups is 1. The van der Waals surface area contributed by atoms with Crippen LogP contribution in [0.1, 0.15) is 36.5 Å². The van der Waals surface area contributed by atoms with Crippen molar-refractivity contribution in [2.45, 2.75) is 39.3 Å². The number of aryl methyl sites for hydroxylation is 1. The van der Waals surface area contributed by atoms with Crippen molar-refractivity contribution in [1.82, 2.24) is 15.1 Å². The Morgan fingerprint density at radius 1 is 1.06 bits per heavy atom. The van der Waals surface area contributed by atoms with E-state index in [9.17, 15) is 4.79 Å². The first-order chi connectivity index (χ1) is 14.6. The maximum absolute atomic E-state index is 12.3. The van der Waals surface area contributed by atoms with Gasteiger partial charge >= 0.3 is 6.03 Å². The van der Waals surface area contributed by atoms with E-state index in [4.69, 9.17) is 0 Å². The van der Waals surface area contributed by atoms with Crippen LogP contribution in [0.25, 0.3) is 0 Å². The Morgan fingerprint density at radius 2 is 1.74 bits per heavy atom. The van der Waals surface area contributed by atoms with E-state index in [-0.39, 0.29) is 30.0 Å². The molecule has 0 atom stereocenters. The number of guanidine groups is 1. The number of carbonyl (C=O) groups excluding carboxylic acids is 1. The van der Waals surface area contributed by atoms with Gasteiger partial charge in [0.1, 0.15) is 0 Å². The summed E-state index contributed by atoms with van der Waals surface area (Å²) in [6.07, 6.45) is 3.23. The van der Waals surface area contributed by atoms with Crippen molar-refractivity contribution in [2.75, 3.05) is 32.5 Å². The van der Waals surface area contributed by atoms with Crippen LogP contribution in [0.4, 0.5) is 10.5 Å². The Hall–Kier alpha value is -2.29. The number of halogens is 1. The van der Waals surface area contributed by atoms with Gasteiger partial charge in [0.25, 0.3) is 0 Å². The van der Waals surface area contributed by atoms with E-state index in [1.54, 1.807) is 7.05 Å². The first-order valence-corrected chi connectivity index (χ1v) is 10.7. The molecule has 0 bridgehead atoms. The number of hydrogen-bond donors (Lipinski definition) is 2. The second-order valence-corrected chi connectivity index (χ2v) is 7.75. The van der Waals surface area contributed by atoms with Crippen molar-refractivity contribution in [3.8, 4) is 0 Å². The van der Waals surface area contributed by atoms with Crippen LogP contribution in [-0.4, -0.2) is 49.0 Å². The molecule has 1 aliphatic rings. The molecular formula is C24H34IN5O. The molecule has 1 saturated heterocycles. The second-order valence-electron chi connectivity index (χ2n) is 7.75. The zero-order chi connectivity index (χ0) is 21.3. The molecule has 1 fully saturated rings. The summed E-state index contributed by atoms with van der Waals surface area (Å²) < 4.78 is 0. The SMILES string of the molecule is CCc1ccc(CN(C)C(=NC)NCc2cccc(NC(=O)N3CCCC3)c2)cc1.I. The molecule has 0 unspecified atom stereocenters. The van der Waals surface area contributed by atoms with E-state index < -0.39 is 0 Å². The van der Waals surface area contributed by atoms with Gasteiger partial charge in [0.15, 0.2) is 5.96 Å². The largest absolute Gasteiger partial charge is 0.352 e. The van der Waals surface area contributed by atoms with Crippen LogP contribution in [0.2, 0.25) is 0 Å². The topological polar surface area (TPSA) is 60.0 Å². The fraction of sp³-hybridized carbons (Fsp3) is 0.417. The lowest BCUT2D eigenvalue weighted by Gasteiger charge is -2.22. The monoisotopic (exact) mass is 535 g/mol. The number of carbonyl (C=O) groups is 1. The summed E-state index contributed by atoms with van der Waals surface area (Å²) in [6, 6.07) is 16.7. The van der Waals surface area contributed by atoms with Gasteiger partial charge in [-0.15, -0.1) is 24.0 Å². The van der Waals surface area contributed by atoms with Crippen molar-refractivity contribution in [3.05, 3.63) is 65.2 Å². The fourth-order valence-corrected chi connectivity index (χ4v) is 3.68. The lowest BCUT2D eigenvalue weighted by atomic mass is 10.1. The number of urea groups is 1. The summed E-state index contributed by atoms with van der Waals surface area (Å²) in [5, 5.41) is 6.43. The number of anilines is 1. The number of likely N-dealkylation sites (tertiary alicyclic amines) is 1. The van der Waals surface area contributed by atoms with E-state index in [1.807, 2.05) is 30.1 Å². The van der Waals surface area contributed by atoms with Gasteiger partial charge in [-0.1, -0.05) is 43.3 Å². The number of hydrogen-bond acceptors (Lipinski definition) is 2. The molecule has 3 rings (SSSR count). The molecule has 1 aliphatic heterocycles. The Morgan fingerprint density at radius 3 is 2.39 bits per heavy atom. The number of nitrogens with zero attached hydrogens (tertiary/aromatic N) is 3. The molecule has 2 amide bonds. The van der Waals surface area contributed by atoms with Gasteiger partial charge in [0, 0.05) is 46.0 Å². The van der Waals surface area contributed by atoms with Gasteiger partial charge < -0.3 is 20.4 Å². The van der Waals surface area contributed by atoms with Gasteiger partial charge in [0.2, 0.25) is 0 Å². The van der Waals surface area contributed by atoms with Crippen LogP contribution in [-0.2, 0) is 19.5 Å². The quantitative estimate of drug-likeness (QED) is 0.320. The molecule has 0 saturated carbocycles. The zero-order valence-corrected chi connectivity index (χ0v) is 21.1. The molecule has 0 aromatic heterocycles. The summed E-state index contributed by atoms with van der Waals surface area (Å²) in [5.41, 5.74) is 4.52. The third-order valence-electron chi connectivity index (χ3n) is 5.45. The zero-order valence-electron chi connectivity index (χ0n) is 18.7. The first-order valence-electron chi connectivity index (χ1n) is 10.7. The maximum Gasteiger partial charge on any atom is 0.321 e. The highest BCUT2D eigenvalue weighted by molar-refractivity contribution is 14.0. The molecule has 1 heterocycles. The number of amides is 2. The molecule has 0 spiro atoms. The third-order valence-corrected chi connectivity index (χ3v) is 5.45. The highest BCUT2D eigenvalue weighted by Gasteiger charge is 2.17. The minimum absolute atomic E-state index is 0. The van der Waals surface area contributed by atoms with Crippen LogP contribution in [0.5, 0.6) is 0 Å². The smallest absolute Gasteiger partial charge is 0.321 e. The second kappa shape index (κ2) is 12.5. The minimum atomic E-state index is -0.0118. The average Bonchev–Trinajstić information content (AvgIpc) is 3.30. The fourth-order valence-electron chi connectivity index (χ4n) is 3.68. The van der Waals surface area contributed by atoms with Crippen LogP contribution in [0, 0.1) is 0 Å². The van der Waals surface area contributed by atoms with E-state index in [1.165, 1.54) is 11.1 Å². The Labute approximate surface area is 203 Å². The molecule has 0 aliphatic carbocycles. The van der Waals surface area contributed by atoms with E-state index in [0.717, 1.165) is 56.1 Å². The standard InChI is InChI=1S/C24H33N5O.HI/c1-4-19-10-12-20(13-11-19)18-28(3)23(25-2)26-17-21-8-7-9-22(16-21)27-24(30)29-14-5-6-15-29;/h7-13,16H,4-6,14-15,17-18H2,1-3H3,(H,25,26)(H,27,30);1H. The van der Waals surface area contributed by atoms with Gasteiger partial charge in [-0.05, 0) is 48.1 Å². The Bertz CT molecular complexity index is 863. The molecule has 6 nitrogen and oxygen atoms in total. The number of benzene rings is 2. The van der Waals surface area contributed by atoms with Gasteiger partial charge in [-0.3, -0.25) is 4.99 Å². The normalized spacial score (nSPS) is 13.5. The lowest BCUT2D eigenvalue weighted by molar-refractivity contribution is 0.222. The van der Waals surface area contributed by atoms with Crippen molar-refractivity contribution >= 4 is 41.7 Å². The first kappa shape index (κ1) is 25.0. The van der Waals surface area contributed by atoms with Crippen LogP contribution < -0.4 is 10.6 Å². The highest BCUT2D eigenvalue weighted by Crippen LogP contribution is 2.14. The molecule has 0 radical (unpaired) electrons. The summed E-state index contributed by atoms with van der Waals surface area (Å²) >= 11 is 0. The van der Waals surface area contributed by atoms with Crippen LogP contribution >= 0.6 is 24.0 Å². The van der Waals surface area contributed by atoms with Crippen molar-refractivity contribution in [3.63, 3.8) is 0 Å². The lowest BCUT2D eigenvalue weighted by Crippen LogP contribution is -2.38. The summed E-state index contributed by atoms with van der Waals surface area (Å²) in [7, 11) is 3.83. The third kappa shape index (κ3) is 7.41. The molecule has 7 heteroatoms. The molecule has 2 N–H and O–H groups in total. The predicted octanol–water partition coefficient (Wildman–Crippen LogP) is 4.70. The van der Waals surface area contributed by atoms with Gasteiger partial charge in [-0.25, -0.2) is 4.79 Å². The summed E-state index contributed by atoms with van der Waals surface area (Å²) in [6.45, 7) is 5.28. The maximum atomic E-state index is 12.3. The molecule has 168 valence electrons. The Kier molecular flexibility index (Phi) is 10.1. The highest BCUT2D eigenvalue weighted by atomic mass is 127. The number of nitrogens with one attached hydrogen (secondary N) is 2. The minimum Gasteiger partial charge on any atom is -0.352 e. The molecule has 31 heavy (non-hydrogen) atoms. The van der Waals surface area contributed by atoms with Crippen molar-refractivity contribution in [1.29, 1.82) is 0 Å². The predicted molar refractivity (Wildman–Crippen MR) is 139 cm³/mol. The van der Waals surface area contributed by atoms with Crippen molar-refractivity contribution < 1.29 is 4.79 Å². The Balaban J connectivity index is 0.00000341. The summed E-state index contributed by atoms with van der Waals surface area (Å²) in [4.78, 5) is 20.7. The molecule has 2 aromatic carbocycles. The molecule has 2 aromatic rings.